The maximum Gasteiger partial charge on any atom is 0.269 e. The second-order valence-electron chi connectivity index (χ2n) is 5.58. The van der Waals surface area contributed by atoms with Gasteiger partial charge in [-0.15, -0.1) is 0 Å². The number of sulfonamides is 1. The molecule has 0 unspecified atom stereocenters. The lowest BCUT2D eigenvalue weighted by atomic mass is 10.1. The molecule has 0 fully saturated rings. The van der Waals surface area contributed by atoms with Crippen LogP contribution >= 0.6 is 0 Å². The Kier molecular flexibility index (Phi) is 5.10. The number of rotatable bonds is 6. The Hall–Kier alpha value is -3.04. The van der Waals surface area contributed by atoms with Gasteiger partial charge in [0, 0.05) is 12.7 Å². The predicted molar refractivity (Wildman–Crippen MR) is 95.7 cm³/mol. The SMILES string of the molecule is NS(=O)(=O)c1ccc(CCNC(=O)c2cc(-c3ccccn3)n[nH]2)cc1. The molecule has 4 N–H and O–H groups in total. The molecule has 9 heteroatoms. The van der Waals surface area contributed by atoms with Crippen molar-refractivity contribution in [3.63, 3.8) is 0 Å². The molecule has 3 aromatic rings. The Morgan fingerprint density at radius 3 is 2.54 bits per heavy atom. The molecule has 2 aromatic heterocycles. The maximum atomic E-state index is 12.2. The Balaban J connectivity index is 1.55. The first-order valence-corrected chi connectivity index (χ1v) is 9.35. The quantitative estimate of drug-likeness (QED) is 0.597. The number of carbonyl (C=O) groups excluding carboxylic acids is 1. The number of carbonyl (C=O) groups is 1. The zero-order valence-corrected chi connectivity index (χ0v) is 14.5. The highest BCUT2D eigenvalue weighted by Crippen LogP contribution is 2.14. The van der Waals surface area contributed by atoms with E-state index in [2.05, 4.69) is 20.5 Å². The number of H-pyrrole nitrogens is 1. The molecule has 8 nitrogen and oxygen atoms in total. The summed E-state index contributed by atoms with van der Waals surface area (Å²) in [4.78, 5) is 16.4. The van der Waals surface area contributed by atoms with Gasteiger partial charge in [-0.25, -0.2) is 13.6 Å². The lowest BCUT2D eigenvalue weighted by Gasteiger charge is -2.05. The van der Waals surface area contributed by atoms with Crippen LogP contribution in [0.15, 0.2) is 59.6 Å². The van der Waals surface area contributed by atoms with E-state index in [0.717, 1.165) is 5.56 Å². The summed E-state index contributed by atoms with van der Waals surface area (Å²) in [7, 11) is -3.70. The molecule has 0 radical (unpaired) electrons. The molecule has 3 rings (SSSR count). The fraction of sp³-hybridized carbons (Fsp3) is 0.118. The van der Waals surface area contributed by atoms with Gasteiger partial charge in [-0.2, -0.15) is 5.10 Å². The number of hydrogen-bond donors (Lipinski definition) is 3. The van der Waals surface area contributed by atoms with Crippen LogP contribution in [0.2, 0.25) is 0 Å². The number of nitrogens with zero attached hydrogens (tertiary/aromatic N) is 2. The zero-order chi connectivity index (χ0) is 18.6. The van der Waals surface area contributed by atoms with Gasteiger partial charge >= 0.3 is 0 Å². The minimum Gasteiger partial charge on any atom is -0.350 e. The van der Waals surface area contributed by atoms with E-state index in [0.29, 0.717) is 30.0 Å². The lowest BCUT2D eigenvalue weighted by Crippen LogP contribution is -2.26. The molecule has 0 saturated heterocycles. The van der Waals surface area contributed by atoms with Crippen molar-refractivity contribution >= 4 is 15.9 Å². The molecule has 2 heterocycles. The van der Waals surface area contributed by atoms with E-state index in [1.54, 1.807) is 30.5 Å². The normalized spacial score (nSPS) is 11.3. The van der Waals surface area contributed by atoms with Crippen LogP contribution in [0.1, 0.15) is 16.1 Å². The number of aromatic amines is 1. The number of pyridine rings is 1. The standard InChI is InChI=1S/C17H17N5O3S/c18-26(24,25)13-6-4-12(5-7-13)8-10-20-17(23)16-11-15(21-22-16)14-3-1-2-9-19-14/h1-7,9,11H,8,10H2,(H,20,23)(H,21,22)(H2,18,24,25). The highest BCUT2D eigenvalue weighted by Gasteiger charge is 2.11. The van der Waals surface area contributed by atoms with Crippen molar-refractivity contribution < 1.29 is 13.2 Å². The summed E-state index contributed by atoms with van der Waals surface area (Å²) in [6.45, 7) is 0.394. The monoisotopic (exact) mass is 371 g/mol. The highest BCUT2D eigenvalue weighted by atomic mass is 32.2. The second kappa shape index (κ2) is 7.46. The average molecular weight is 371 g/mol. The summed E-state index contributed by atoms with van der Waals surface area (Å²) < 4.78 is 22.4. The van der Waals surface area contributed by atoms with Crippen molar-refractivity contribution in [2.24, 2.45) is 5.14 Å². The molecule has 134 valence electrons. The van der Waals surface area contributed by atoms with Gasteiger partial charge in [0.25, 0.3) is 5.91 Å². The summed E-state index contributed by atoms with van der Waals surface area (Å²) in [5, 5.41) is 14.6. The van der Waals surface area contributed by atoms with E-state index in [9.17, 15) is 13.2 Å². The number of nitrogens with one attached hydrogen (secondary N) is 2. The van der Waals surface area contributed by atoms with Gasteiger partial charge in [0.1, 0.15) is 11.4 Å². The maximum absolute atomic E-state index is 12.2. The van der Waals surface area contributed by atoms with E-state index in [1.165, 1.54) is 12.1 Å². The van der Waals surface area contributed by atoms with Gasteiger partial charge in [-0.05, 0) is 42.3 Å². The van der Waals surface area contributed by atoms with Gasteiger partial charge in [0.2, 0.25) is 10.0 Å². The van der Waals surface area contributed by atoms with Crippen LogP contribution in [0.5, 0.6) is 0 Å². The third kappa shape index (κ3) is 4.32. The van der Waals surface area contributed by atoms with Gasteiger partial charge in [-0.1, -0.05) is 18.2 Å². The lowest BCUT2D eigenvalue weighted by molar-refractivity contribution is 0.0949. The summed E-state index contributed by atoms with van der Waals surface area (Å²) in [5.41, 5.74) is 2.50. The van der Waals surface area contributed by atoms with Gasteiger partial charge < -0.3 is 5.32 Å². The fourth-order valence-corrected chi connectivity index (χ4v) is 2.86. The molecular formula is C17H17N5O3S. The molecular weight excluding hydrogens is 354 g/mol. The van der Waals surface area contributed by atoms with Gasteiger partial charge in [0.05, 0.1) is 10.6 Å². The third-order valence-electron chi connectivity index (χ3n) is 3.70. The smallest absolute Gasteiger partial charge is 0.269 e. The summed E-state index contributed by atoms with van der Waals surface area (Å²) >= 11 is 0. The Morgan fingerprint density at radius 1 is 1.12 bits per heavy atom. The van der Waals surface area contributed by atoms with E-state index in [1.807, 2.05) is 12.1 Å². The molecule has 0 aliphatic carbocycles. The highest BCUT2D eigenvalue weighted by molar-refractivity contribution is 7.89. The molecule has 0 saturated carbocycles. The van der Waals surface area contributed by atoms with Crippen molar-refractivity contribution in [2.45, 2.75) is 11.3 Å². The van der Waals surface area contributed by atoms with Crippen LogP contribution in [-0.4, -0.2) is 36.1 Å². The van der Waals surface area contributed by atoms with E-state index < -0.39 is 10.0 Å². The molecule has 0 aliphatic rings. The van der Waals surface area contributed by atoms with Crippen LogP contribution in [-0.2, 0) is 16.4 Å². The Labute approximate surface area is 150 Å². The second-order valence-corrected chi connectivity index (χ2v) is 7.14. The topological polar surface area (TPSA) is 131 Å². The molecule has 26 heavy (non-hydrogen) atoms. The number of hydrogen-bond acceptors (Lipinski definition) is 5. The molecule has 0 atom stereocenters. The average Bonchev–Trinajstić information content (AvgIpc) is 3.12. The Bertz CT molecular complexity index is 998. The van der Waals surface area contributed by atoms with Crippen molar-refractivity contribution in [2.75, 3.05) is 6.54 Å². The van der Waals surface area contributed by atoms with Gasteiger partial charge in [0.15, 0.2) is 0 Å². The van der Waals surface area contributed by atoms with E-state index in [4.69, 9.17) is 5.14 Å². The summed E-state index contributed by atoms with van der Waals surface area (Å²) in [6, 6.07) is 13.3. The number of aromatic nitrogens is 3. The largest absolute Gasteiger partial charge is 0.350 e. The third-order valence-corrected chi connectivity index (χ3v) is 4.63. The van der Waals surface area contributed by atoms with Crippen LogP contribution in [0.3, 0.4) is 0 Å². The first kappa shape index (κ1) is 17.8. The molecule has 0 spiro atoms. The van der Waals surface area contributed by atoms with Crippen molar-refractivity contribution in [1.29, 1.82) is 0 Å². The first-order chi connectivity index (χ1) is 12.4. The molecule has 0 aliphatic heterocycles. The van der Waals surface area contributed by atoms with E-state index >= 15 is 0 Å². The number of benzene rings is 1. The van der Waals surface area contributed by atoms with Crippen LogP contribution in [0.4, 0.5) is 0 Å². The van der Waals surface area contributed by atoms with Crippen LogP contribution in [0.25, 0.3) is 11.4 Å². The van der Waals surface area contributed by atoms with Crippen molar-refractivity contribution in [1.82, 2.24) is 20.5 Å². The summed E-state index contributed by atoms with van der Waals surface area (Å²) in [6.07, 6.45) is 2.21. The molecule has 1 aromatic carbocycles. The van der Waals surface area contributed by atoms with Crippen molar-refractivity contribution in [3.05, 3.63) is 66.0 Å². The first-order valence-electron chi connectivity index (χ1n) is 7.80. The molecule has 1 amide bonds. The van der Waals surface area contributed by atoms with Crippen LogP contribution < -0.4 is 10.5 Å². The van der Waals surface area contributed by atoms with Crippen molar-refractivity contribution in [3.8, 4) is 11.4 Å². The fourth-order valence-electron chi connectivity index (χ4n) is 2.34. The number of nitrogens with two attached hydrogens (primary N) is 1. The number of primary sulfonamides is 1. The summed E-state index contributed by atoms with van der Waals surface area (Å²) in [5.74, 6) is -0.277. The van der Waals surface area contributed by atoms with E-state index in [-0.39, 0.29) is 10.8 Å². The molecule has 0 bridgehead atoms. The predicted octanol–water partition coefficient (Wildman–Crippen LogP) is 1.09. The zero-order valence-electron chi connectivity index (χ0n) is 13.7. The minimum atomic E-state index is -3.70. The minimum absolute atomic E-state index is 0.0600. The van der Waals surface area contributed by atoms with Gasteiger partial charge in [-0.3, -0.25) is 14.9 Å². The number of amides is 1. The Morgan fingerprint density at radius 2 is 1.88 bits per heavy atom. The van der Waals surface area contributed by atoms with Crippen LogP contribution in [0, 0.1) is 0 Å².